The molecular formula is C10H21NO. The number of methoxy groups -OCH3 is 1. The van der Waals surface area contributed by atoms with Crippen LogP contribution in [0.3, 0.4) is 0 Å². The summed E-state index contributed by atoms with van der Waals surface area (Å²) in [6.45, 7) is 2.19. The summed E-state index contributed by atoms with van der Waals surface area (Å²) in [5.41, 5.74) is 0. The molecule has 1 unspecified atom stereocenters. The van der Waals surface area contributed by atoms with Crippen molar-refractivity contribution >= 4 is 0 Å². The third-order valence-electron chi connectivity index (χ3n) is 3.17. The summed E-state index contributed by atoms with van der Waals surface area (Å²) in [6.07, 6.45) is 4.45. The van der Waals surface area contributed by atoms with Crippen molar-refractivity contribution < 1.29 is 4.74 Å². The second-order valence-electron chi connectivity index (χ2n) is 4.07. The topological polar surface area (TPSA) is 12.5 Å². The molecule has 1 fully saturated rings. The van der Waals surface area contributed by atoms with E-state index < -0.39 is 0 Å². The Morgan fingerprint density at radius 3 is 2.50 bits per heavy atom. The molecule has 0 radical (unpaired) electrons. The van der Waals surface area contributed by atoms with Gasteiger partial charge in [0, 0.05) is 19.1 Å². The fraction of sp³-hybridized carbons (Fsp3) is 1.00. The van der Waals surface area contributed by atoms with Gasteiger partial charge < -0.3 is 9.64 Å². The van der Waals surface area contributed by atoms with Crippen LogP contribution in [0.25, 0.3) is 0 Å². The normalized spacial score (nSPS) is 32.8. The number of ether oxygens (including phenoxy) is 1. The van der Waals surface area contributed by atoms with Crippen molar-refractivity contribution in [2.24, 2.45) is 5.92 Å². The summed E-state index contributed by atoms with van der Waals surface area (Å²) in [5, 5.41) is 0. The lowest BCUT2D eigenvalue weighted by atomic mass is 9.97. The zero-order chi connectivity index (χ0) is 9.14. The first-order chi connectivity index (χ1) is 5.66. The second kappa shape index (κ2) is 4.24. The molecule has 0 aromatic carbocycles. The molecule has 0 heterocycles. The standard InChI is InChI=1S/C10H21NO/c1-8(12-4)9-6-5-7-10(9)11(2)3/h8-10H,5-7H2,1-4H3/t8-,9-,10?/m0/s1. The van der Waals surface area contributed by atoms with Crippen LogP contribution in [0.15, 0.2) is 0 Å². The Morgan fingerprint density at radius 1 is 1.33 bits per heavy atom. The minimum absolute atomic E-state index is 0.417. The predicted molar refractivity (Wildman–Crippen MR) is 51.3 cm³/mol. The van der Waals surface area contributed by atoms with Gasteiger partial charge in [-0.1, -0.05) is 6.42 Å². The minimum atomic E-state index is 0.417. The first-order valence-electron chi connectivity index (χ1n) is 4.86. The van der Waals surface area contributed by atoms with Crippen LogP contribution in [0.5, 0.6) is 0 Å². The summed E-state index contributed by atoms with van der Waals surface area (Å²) in [7, 11) is 6.16. The van der Waals surface area contributed by atoms with Gasteiger partial charge in [0.15, 0.2) is 0 Å². The van der Waals surface area contributed by atoms with Gasteiger partial charge in [-0.05, 0) is 33.9 Å². The van der Waals surface area contributed by atoms with Gasteiger partial charge in [-0.15, -0.1) is 0 Å². The van der Waals surface area contributed by atoms with Gasteiger partial charge in [0.05, 0.1) is 6.10 Å². The maximum absolute atomic E-state index is 5.39. The van der Waals surface area contributed by atoms with Gasteiger partial charge in [-0.3, -0.25) is 0 Å². The molecule has 0 saturated heterocycles. The Morgan fingerprint density at radius 2 is 2.00 bits per heavy atom. The number of rotatable bonds is 3. The molecule has 2 nitrogen and oxygen atoms in total. The number of hydrogen-bond acceptors (Lipinski definition) is 2. The molecule has 0 amide bonds. The molecule has 1 aliphatic carbocycles. The molecule has 72 valence electrons. The SMILES string of the molecule is CO[C@@H](C)[C@@H]1CCCC1N(C)C. The number of nitrogens with zero attached hydrogens (tertiary/aromatic N) is 1. The highest BCUT2D eigenvalue weighted by atomic mass is 16.5. The van der Waals surface area contributed by atoms with E-state index in [0.717, 1.165) is 12.0 Å². The fourth-order valence-electron chi connectivity index (χ4n) is 2.33. The maximum Gasteiger partial charge on any atom is 0.0586 e. The molecule has 0 aromatic rings. The smallest absolute Gasteiger partial charge is 0.0586 e. The number of hydrogen-bond donors (Lipinski definition) is 0. The highest BCUT2D eigenvalue weighted by Crippen LogP contribution is 2.32. The fourth-order valence-corrected chi connectivity index (χ4v) is 2.33. The summed E-state index contributed by atoms with van der Waals surface area (Å²) < 4.78 is 5.39. The van der Waals surface area contributed by atoms with Crippen LogP contribution in [0.1, 0.15) is 26.2 Å². The molecule has 1 aliphatic rings. The molecule has 1 rings (SSSR count). The Hall–Kier alpha value is -0.0800. The van der Waals surface area contributed by atoms with Crippen molar-refractivity contribution in [3.05, 3.63) is 0 Å². The quantitative estimate of drug-likeness (QED) is 0.641. The second-order valence-corrected chi connectivity index (χ2v) is 4.07. The molecule has 0 aromatic heterocycles. The van der Waals surface area contributed by atoms with Crippen molar-refractivity contribution in [2.45, 2.75) is 38.3 Å². The third-order valence-corrected chi connectivity index (χ3v) is 3.17. The zero-order valence-corrected chi connectivity index (χ0v) is 8.71. The lowest BCUT2D eigenvalue weighted by Crippen LogP contribution is -2.37. The van der Waals surface area contributed by atoms with E-state index in [2.05, 4.69) is 25.9 Å². The molecule has 0 N–H and O–H groups in total. The maximum atomic E-state index is 5.39. The van der Waals surface area contributed by atoms with Crippen molar-refractivity contribution in [1.82, 2.24) is 4.90 Å². The summed E-state index contributed by atoms with van der Waals surface area (Å²) in [5.74, 6) is 0.741. The van der Waals surface area contributed by atoms with E-state index in [4.69, 9.17) is 4.74 Å². The van der Waals surface area contributed by atoms with Crippen molar-refractivity contribution in [3.8, 4) is 0 Å². The largest absolute Gasteiger partial charge is 0.381 e. The Labute approximate surface area is 75.9 Å². The van der Waals surface area contributed by atoms with Crippen LogP contribution in [0, 0.1) is 5.92 Å². The highest BCUT2D eigenvalue weighted by Gasteiger charge is 2.32. The first-order valence-corrected chi connectivity index (χ1v) is 4.86. The molecular weight excluding hydrogens is 150 g/mol. The lowest BCUT2D eigenvalue weighted by Gasteiger charge is -2.29. The molecule has 0 spiro atoms. The molecule has 1 saturated carbocycles. The molecule has 12 heavy (non-hydrogen) atoms. The molecule has 3 atom stereocenters. The summed E-state index contributed by atoms with van der Waals surface area (Å²) >= 11 is 0. The van der Waals surface area contributed by atoms with Crippen LogP contribution in [0.4, 0.5) is 0 Å². The van der Waals surface area contributed by atoms with Crippen LogP contribution in [0.2, 0.25) is 0 Å². The monoisotopic (exact) mass is 171 g/mol. The highest BCUT2D eigenvalue weighted by molar-refractivity contribution is 4.86. The van der Waals surface area contributed by atoms with Gasteiger partial charge in [0.1, 0.15) is 0 Å². The minimum Gasteiger partial charge on any atom is -0.381 e. The van der Waals surface area contributed by atoms with E-state index in [1.807, 2.05) is 7.11 Å². The Kier molecular flexibility index (Phi) is 3.53. The lowest BCUT2D eigenvalue weighted by molar-refractivity contribution is 0.0404. The van der Waals surface area contributed by atoms with Crippen molar-refractivity contribution in [1.29, 1.82) is 0 Å². The molecule has 0 bridgehead atoms. The average Bonchev–Trinajstić information content (AvgIpc) is 2.50. The van der Waals surface area contributed by atoms with E-state index >= 15 is 0 Å². The van der Waals surface area contributed by atoms with Gasteiger partial charge in [0.25, 0.3) is 0 Å². The first kappa shape index (κ1) is 10.0. The van der Waals surface area contributed by atoms with Gasteiger partial charge in [0.2, 0.25) is 0 Å². The molecule has 0 aliphatic heterocycles. The van der Waals surface area contributed by atoms with Crippen LogP contribution in [-0.4, -0.2) is 38.3 Å². The van der Waals surface area contributed by atoms with Gasteiger partial charge in [-0.25, -0.2) is 0 Å². The van der Waals surface area contributed by atoms with Crippen molar-refractivity contribution in [2.75, 3.05) is 21.2 Å². The van der Waals surface area contributed by atoms with E-state index in [1.54, 1.807) is 0 Å². The van der Waals surface area contributed by atoms with Crippen LogP contribution < -0.4 is 0 Å². The van der Waals surface area contributed by atoms with Gasteiger partial charge >= 0.3 is 0 Å². The third kappa shape index (κ3) is 1.99. The summed E-state index contributed by atoms with van der Waals surface area (Å²) in [4.78, 5) is 2.34. The van der Waals surface area contributed by atoms with E-state index in [1.165, 1.54) is 19.3 Å². The zero-order valence-electron chi connectivity index (χ0n) is 8.71. The van der Waals surface area contributed by atoms with Gasteiger partial charge in [-0.2, -0.15) is 0 Å². The Balaban J connectivity index is 2.51. The predicted octanol–water partition coefficient (Wildman–Crippen LogP) is 1.75. The van der Waals surface area contributed by atoms with Crippen LogP contribution in [-0.2, 0) is 4.74 Å². The van der Waals surface area contributed by atoms with Crippen LogP contribution >= 0.6 is 0 Å². The van der Waals surface area contributed by atoms with E-state index in [9.17, 15) is 0 Å². The van der Waals surface area contributed by atoms with Crippen molar-refractivity contribution in [3.63, 3.8) is 0 Å². The Bertz CT molecular complexity index is 136. The van der Waals surface area contributed by atoms with E-state index in [-0.39, 0.29) is 0 Å². The van der Waals surface area contributed by atoms with E-state index in [0.29, 0.717) is 6.10 Å². The molecule has 2 heteroatoms. The summed E-state index contributed by atoms with van der Waals surface area (Å²) in [6, 6.07) is 0.736. The average molecular weight is 171 g/mol.